The normalized spacial score (nSPS) is 14.7. The summed E-state index contributed by atoms with van der Waals surface area (Å²) in [6.07, 6.45) is -1.85. The Labute approximate surface area is 158 Å². The molecule has 2 rings (SSSR count). The fraction of sp³-hybridized carbons (Fsp3) is 0.333. The average Bonchev–Trinajstić information content (AvgIpc) is 3.44. The van der Waals surface area contributed by atoms with E-state index in [1.54, 1.807) is 0 Å². The molecule has 0 spiro atoms. The Morgan fingerprint density at radius 2 is 2.04 bits per heavy atom. The third-order valence-corrected chi connectivity index (χ3v) is 4.70. The molecule has 2 N–H and O–H groups in total. The van der Waals surface area contributed by atoms with Gasteiger partial charge in [-0.1, -0.05) is 40.7 Å². The molecule has 0 atom stereocenters. The molecule has 1 aliphatic carbocycles. The van der Waals surface area contributed by atoms with Gasteiger partial charge in [0.2, 0.25) is 5.95 Å². The molecule has 1 aromatic rings. The smallest absolute Gasteiger partial charge is 0.280 e. The van der Waals surface area contributed by atoms with Crippen LogP contribution in [0.2, 0.25) is 0 Å². The van der Waals surface area contributed by atoms with Crippen LogP contribution in [0.15, 0.2) is 46.8 Å². The number of alkyl halides is 2. The van der Waals surface area contributed by atoms with Gasteiger partial charge in [-0.05, 0) is 30.0 Å². The zero-order valence-electron chi connectivity index (χ0n) is 14.2. The number of hydrogen-bond acceptors (Lipinski definition) is 3. The monoisotopic (exact) mass is 429 g/mol. The van der Waals surface area contributed by atoms with Crippen molar-refractivity contribution < 1.29 is 18.0 Å². The van der Waals surface area contributed by atoms with Crippen LogP contribution in [-0.2, 0) is 4.79 Å². The Balaban J connectivity index is 2.31. The quantitative estimate of drug-likeness (QED) is 0.370. The fourth-order valence-electron chi connectivity index (χ4n) is 2.50. The van der Waals surface area contributed by atoms with Crippen molar-refractivity contribution in [2.45, 2.75) is 25.3 Å². The van der Waals surface area contributed by atoms with E-state index in [2.05, 4.69) is 27.8 Å². The first-order valence-electron chi connectivity index (χ1n) is 7.96. The van der Waals surface area contributed by atoms with Gasteiger partial charge in [-0.3, -0.25) is 10.2 Å². The van der Waals surface area contributed by atoms with E-state index in [9.17, 15) is 18.0 Å². The molecule has 0 bridgehead atoms. The Morgan fingerprint density at radius 1 is 1.42 bits per heavy atom. The third-order valence-electron chi connectivity index (χ3n) is 4.00. The van der Waals surface area contributed by atoms with E-state index in [0.29, 0.717) is 18.4 Å². The van der Waals surface area contributed by atoms with Crippen LogP contribution < -0.4 is 5.32 Å². The van der Waals surface area contributed by atoms with Gasteiger partial charge in [-0.25, -0.2) is 8.78 Å². The van der Waals surface area contributed by atoms with Crippen LogP contribution in [0, 0.1) is 5.41 Å². The van der Waals surface area contributed by atoms with Crippen LogP contribution in [0.25, 0.3) is 5.57 Å². The first-order chi connectivity index (χ1) is 12.3. The number of halogens is 4. The molecular weight excluding hydrogens is 411 g/mol. The fourth-order valence-corrected chi connectivity index (χ4v) is 3.06. The number of nitrogens with one attached hydrogen (secondary N) is 2. The molecule has 8 heteroatoms. The Kier molecular flexibility index (Phi) is 6.63. The van der Waals surface area contributed by atoms with Crippen LogP contribution in [0.4, 0.5) is 13.2 Å². The maximum atomic E-state index is 14.0. The van der Waals surface area contributed by atoms with Crippen molar-refractivity contribution in [3.63, 3.8) is 0 Å². The van der Waals surface area contributed by atoms with Crippen molar-refractivity contribution >= 4 is 33.1 Å². The predicted molar refractivity (Wildman–Crippen MR) is 98.8 cm³/mol. The number of nitrogens with zero attached hydrogens (tertiary/aromatic N) is 1. The van der Waals surface area contributed by atoms with Gasteiger partial charge in [0.1, 0.15) is 11.3 Å². The molecule has 1 aliphatic rings. The van der Waals surface area contributed by atoms with Crippen LogP contribution in [0.1, 0.15) is 18.4 Å². The number of carbonyl (C=O) groups is 1. The second-order valence-electron chi connectivity index (χ2n) is 5.90. The number of hydrogen-bond donors (Lipinski definition) is 2. The molecule has 0 aliphatic heterocycles. The highest BCUT2D eigenvalue weighted by Crippen LogP contribution is 2.32. The molecule has 140 valence electrons. The van der Waals surface area contributed by atoms with E-state index in [1.165, 1.54) is 11.9 Å². The van der Waals surface area contributed by atoms with Gasteiger partial charge in [0.05, 0.1) is 0 Å². The maximum Gasteiger partial charge on any atom is 0.280 e. The minimum Gasteiger partial charge on any atom is -0.364 e. The summed E-state index contributed by atoms with van der Waals surface area (Å²) < 4.78 is 40.7. The van der Waals surface area contributed by atoms with Gasteiger partial charge < -0.3 is 10.2 Å². The van der Waals surface area contributed by atoms with E-state index in [1.807, 2.05) is 24.3 Å². The van der Waals surface area contributed by atoms with Crippen LogP contribution in [0.5, 0.6) is 0 Å². The van der Waals surface area contributed by atoms with Gasteiger partial charge in [-0.2, -0.15) is 4.39 Å². The number of amides is 1. The van der Waals surface area contributed by atoms with E-state index < -0.39 is 29.6 Å². The number of rotatable bonds is 8. The zero-order valence-corrected chi connectivity index (χ0v) is 15.7. The van der Waals surface area contributed by atoms with Crippen molar-refractivity contribution in [3.8, 4) is 0 Å². The second kappa shape index (κ2) is 8.53. The standard InChI is InChI=1S/C18H19BrF3N3O/c1-10(12-5-3-4-6-13(12)19)9-25(11-7-8-11)18(26)14(17(22)24-2)15(23)16(20)21/h3-6,11,16,23-24H,1,7-9H2,2H3/b17-14+,23-15?. The van der Waals surface area contributed by atoms with Crippen LogP contribution in [-0.4, -0.2) is 42.6 Å². The molecule has 0 heterocycles. The SMILES string of the molecule is C=C(CN(C(=O)/C(C(=N)C(F)F)=C(\F)NC)C1CC1)c1ccccc1Br. The molecule has 1 saturated carbocycles. The van der Waals surface area contributed by atoms with Crippen LogP contribution >= 0.6 is 15.9 Å². The highest BCUT2D eigenvalue weighted by Gasteiger charge is 2.38. The van der Waals surface area contributed by atoms with E-state index in [0.717, 1.165) is 10.0 Å². The molecule has 4 nitrogen and oxygen atoms in total. The van der Waals surface area contributed by atoms with Gasteiger partial charge in [-0.15, -0.1) is 0 Å². The van der Waals surface area contributed by atoms with Gasteiger partial charge in [0.25, 0.3) is 12.3 Å². The molecule has 0 unspecified atom stereocenters. The summed E-state index contributed by atoms with van der Waals surface area (Å²) in [5.74, 6) is -2.17. The Morgan fingerprint density at radius 3 is 2.54 bits per heavy atom. The molecule has 1 fully saturated rings. The summed E-state index contributed by atoms with van der Waals surface area (Å²) >= 11 is 3.41. The van der Waals surface area contributed by atoms with E-state index in [4.69, 9.17) is 5.41 Å². The predicted octanol–water partition coefficient (Wildman–Crippen LogP) is 4.14. The summed E-state index contributed by atoms with van der Waals surface area (Å²) in [6.45, 7) is 4.03. The van der Waals surface area contributed by atoms with Gasteiger partial charge in [0.15, 0.2) is 0 Å². The van der Waals surface area contributed by atoms with Crippen LogP contribution in [0.3, 0.4) is 0 Å². The molecule has 26 heavy (non-hydrogen) atoms. The molecule has 0 aromatic heterocycles. The average molecular weight is 430 g/mol. The van der Waals surface area contributed by atoms with Gasteiger partial charge in [0, 0.05) is 24.1 Å². The number of carbonyl (C=O) groups excluding carboxylic acids is 1. The lowest BCUT2D eigenvalue weighted by Crippen LogP contribution is -2.39. The lowest BCUT2D eigenvalue weighted by Gasteiger charge is -2.25. The topological polar surface area (TPSA) is 56.2 Å². The van der Waals surface area contributed by atoms with Gasteiger partial charge >= 0.3 is 0 Å². The first-order valence-corrected chi connectivity index (χ1v) is 8.75. The minimum absolute atomic E-state index is 0.0587. The molecule has 1 amide bonds. The van der Waals surface area contributed by atoms with Crippen molar-refractivity contribution in [2.75, 3.05) is 13.6 Å². The highest BCUT2D eigenvalue weighted by atomic mass is 79.9. The molecular formula is C18H19BrF3N3O. The summed E-state index contributed by atoms with van der Waals surface area (Å²) in [5, 5.41) is 9.49. The summed E-state index contributed by atoms with van der Waals surface area (Å²) in [6, 6.07) is 7.10. The maximum absolute atomic E-state index is 14.0. The second-order valence-corrected chi connectivity index (χ2v) is 6.76. The summed E-state index contributed by atoms with van der Waals surface area (Å²) in [5.41, 5.74) is -0.909. The van der Waals surface area contributed by atoms with Crippen molar-refractivity contribution in [3.05, 3.63) is 52.4 Å². The lowest BCUT2D eigenvalue weighted by molar-refractivity contribution is -0.126. The molecule has 0 saturated heterocycles. The minimum atomic E-state index is -3.25. The molecule has 0 radical (unpaired) electrons. The first kappa shape index (κ1) is 20.2. The van der Waals surface area contributed by atoms with Crippen molar-refractivity contribution in [1.82, 2.24) is 10.2 Å². The Bertz CT molecular complexity index is 760. The molecule has 1 aromatic carbocycles. The zero-order chi connectivity index (χ0) is 19.4. The summed E-state index contributed by atoms with van der Waals surface area (Å²) in [4.78, 5) is 14.1. The Hall–Kier alpha value is -2.09. The third kappa shape index (κ3) is 4.55. The van der Waals surface area contributed by atoms with Crippen molar-refractivity contribution in [2.24, 2.45) is 0 Å². The largest absolute Gasteiger partial charge is 0.364 e. The lowest BCUT2D eigenvalue weighted by atomic mass is 10.1. The highest BCUT2D eigenvalue weighted by molar-refractivity contribution is 9.10. The van der Waals surface area contributed by atoms with E-state index in [-0.39, 0.29) is 12.6 Å². The summed E-state index contributed by atoms with van der Waals surface area (Å²) in [7, 11) is 1.17. The number of benzene rings is 1. The van der Waals surface area contributed by atoms with E-state index >= 15 is 0 Å². The van der Waals surface area contributed by atoms with Crippen molar-refractivity contribution in [1.29, 1.82) is 5.41 Å².